The van der Waals surface area contributed by atoms with Crippen LogP contribution < -0.4 is 5.73 Å². The highest BCUT2D eigenvalue weighted by Gasteiger charge is 2.36. The lowest BCUT2D eigenvalue weighted by molar-refractivity contribution is -0.152. The van der Waals surface area contributed by atoms with E-state index in [-0.39, 0.29) is 24.2 Å². The number of rotatable bonds is 6. The molecule has 1 atom stereocenters. The Kier molecular flexibility index (Phi) is 6.50. The molecule has 170 valence electrons. The summed E-state index contributed by atoms with van der Waals surface area (Å²) in [6.45, 7) is 1.27. The van der Waals surface area contributed by atoms with E-state index in [4.69, 9.17) is 10.5 Å². The molecule has 2 amide bonds. The normalized spacial score (nSPS) is 16.6. The second-order valence-corrected chi connectivity index (χ2v) is 7.80. The second kappa shape index (κ2) is 9.66. The van der Waals surface area contributed by atoms with E-state index in [1.807, 2.05) is 18.2 Å². The molecule has 9 nitrogen and oxygen atoms in total. The van der Waals surface area contributed by atoms with Crippen molar-refractivity contribution in [1.82, 2.24) is 19.8 Å². The summed E-state index contributed by atoms with van der Waals surface area (Å²) in [5.41, 5.74) is 8.21. The number of carbonyl (C=O) groups excluding carboxylic acids is 2. The molecular formula is C24H25N5O4. The van der Waals surface area contributed by atoms with Gasteiger partial charge in [0.2, 0.25) is 11.8 Å². The lowest BCUT2D eigenvalue weighted by Gasteiger charge is -2.40. The van der Waals surface area contributed by atoms with Crippen molar-refractivity contribution in [3.05, 3.63) is 66.0 Å². The van der Waals surface area contributed by atoms with Gasteiger partial charge in [-0.25, -0.2) is 9.97 Å². The molecule has 9 heteroatoms. The topological polar surface area (TPSA) is 122 Å². The van der Waals surface area contributed by atoms with Crippen LogP contribution in [0, 0.1) is 0 Å². The number of nitrogen functional groups attached to an aromatic ring is 1. The van der Waals surface area contributed by atoms with Crippen LogP contribution in [0.4, 0.5) is 5.82 Å². The van der Waals surface area contributed by atoms with Crippen molar-refractivity contribution in [2.45, 2.75) is 12.6 Å². The average Bonchev–Trinajstić information content (AvgIpc) is 2.80. The second-order valence-electron chi connectivity index (χ2n) is 7.80. The van der Waals surface area contributed by atoms with Crippen LogP contribution in [0.1, 0.15) is 11.1 Å². The number of phenols is 1. The van der Waals surface area contributed by atoms with Crippen LogP contribution in [0.25, 0.3) is 17.0 Å². The monoisotopic (exact) mass is 447 g/mol. The zero-order valence-corrected chi connectivity index (χ0v) is 18.2. The number of aromatic hydroxyl groups is 1. The zero-order valence-electron chi connectivity index (χ0n) is 18.2. The number of nitrogens with two attached hydrogens (primary N) is 1. The van der Waals surface area contributed by atoms with E-state index in [0.717, 1.165) is 10.9 Å². The minimum absolute atomic E-state index is 0.0997. The molecule has 1 aromatic heterocycles. The van der Waals surface area contributed by atoms with Crippen molar-refractivity contribution in [2.24, 2.45) is 0 Å². The predicted octanol–water partition coefficient (Wildman–Crippen LogP) is 1.82. The number of carbonyl (C=O) groups is 2. The maximum absolute atomic E-state index is 13.2. The number of hydrogen-bond donors (Lipinski definition) is 2. The molecule has 0 saturated carbocycles. The van der Waals surface area contributed by atoms with Gasteiger partial charge in [0.25, 0.3) is 0 Å². The van der Waals surface area contributed by atoms with Crippen molar-refractivity contribution in [2.75, 3.05) is 32.5 Å². The Morgan fingerprint density at radius 1 is 1.24 bits per heavy atom. The lowest BCUT2D eigenvalue weighted by atomic mass is 10.1. The molecule has 1 saturated heterocycles. The SMILES string of the molecule is COC[C@H]1C(=O)N(Cc2ccc3c(N)ncnc3c2)CCN1C(=O)C=Cc1cccc(O)c1. The Balaban J connectivity index is 1.48. The van der Waals surface area contributed by atoms with E-state index >= 15 is 0 Å². The first-order chi connectivity index (χ1) is 16.0. The first-order valence-corrected chi connectivity index (χ1v) is 10.5. The molecule has 4 rings (SSSR count). The first-order valence-electron chi connectivity index (χ1n) is 10.5. The Hall–Kier alpha value is -3.98. The number of amides is 2. The third kappa shape index (κ3) is 4.93. The standard InChI is InChI=1S/C24H25N5O4/c1-33-14-21-24(32)28(13-17-5-7-19-20(12-17)26-15-27-23(19)25)9-10-29(21)22(31)8-6-16-3-2-4-18(30)11-16/h2-8,11-12,15,21,30H,9-10,13-14H2,1H3,(H2,25,26,27)/t21-/m0/s1. The number of hydrogen-bond acceptors (Lipinski definition) is 7. The molecule has 1 fully saturated rings. The number of methoxy groups -OCH3 is 1. The number of nitrogens with zero attached hydrogens (tertiary/aromatic N) is 4. The van der Waals surface area contributed by atoms with Gasteiger partial charge in [-0.1, -0.05) is 18.2 Å². The number of benzene rings is 2. The molecule has 2 heterocycles. The number of anilines is 1. The van der Waals surface area contributed by atoms with Gasteiger partial charge in [0, 0.05) is 38.2 Å². The molecule has 33 heavy (non-hydrogen) atoms. The van der Waals surface area contributed by atoms with Crippen molar-refractivity contribution in [3.63, 3.8) is 0 Å². The number of piperazine rings is 1. The molecule has 3 N–H and O–H groups in total. The molecule has 1 aliphatic rings. The van der Waals surface area contributed by atoms with Crippen LogP contribution in [-0.2, 0) is 20.9 Å². The van der Waals surface area contributed by atoms with E-state index in [9.17, 15) is 14.7 Å². The summed E-state index contributed by atoms with van der Waals surface area (Å²) in [5.74, 6) is 0.0675. The van der Waals surface area contributed by atoms with Crippen molar-refractivity contribution in [3.8, 4) is 5.75 Å². The number of fused-ring (bicyclic) bond motifs is 1. The van der Waals surface area contributed by atoms with E-state index in [2.05, 4.69) is 9.97 Å². The Morgan fingerprint density at radius 3 is 2.88 bits per heavy atom. The highest BCUT2D eigenvalue weighted by Crippen LogP contribution is 2.21. The lowest BCUT2D eigenvalue weighted by Crippen LogP contribution is -2.59. The Labute approximate surface area is 191 Å². The Morgan fingerprint density at radius 2 is 2.09 bits per heavy atom. The fourth-order valence-corrected chi connectivity index (χ4v) is 3.91. The van der Waals surface area contributed by atoms with Crippen molar-refractivity contribution < 1.29 is 19.4 Å². The van der Waals surface area contributed by atoms with E-state index in [1.165, 1.54) is 24.4 Å². The molecule has 0 radical (unpaired) electrons. The molecule has 2 aromatic carbocycles. The highest BCUT2D eigenvalue weighted by molar-refractivity contribution is 5.96. The van der Waals surface area contributed by atoms with E-state index in [1.54, 1.807) is 35.2 Å². The van der Waals surface area contributed by atoms with Crippen molar-refractivity contribution in [1.29, 1.82) is 0 Å². The molecule has 0 unspecified atom stereocenters. The summed E-state index contributed by atoms with van der Waals surface area (Å²) in [5, 5.41) is 10.3. The van der Waals surface area contributed by atoms with Gasteiger partial charge in [-0.2, -0.15) is 0 Å². The fourth-order valence-electron chi connectivity index (χ4n) is 3.91. The number of ether oxygens (including phenoxy) is 1. The predicted molar refractivity (Wildman–Crippen MR) is 124 cm³/mol. The number of phenolic OH excluding ortho intramolecular Hbond substituents is 1. The van der Waals surface area contributed by atoms with Gasteiger partial charge in [-0.15, -0.1) is 0 Å². The van der Waals surface area contributed by atoms with Crippen LogP contribution in [0.15, 0.2) is 54.9 Å². The van der Waals surface area contributed by atoms with Gasteiger partial charge in [0.1, 0.15) is 23.9 Å². The van der Waals surface area contributed by atoms with Crippen LogP contribution >= 0.6 is 0 Å². The fraction of sp³-hybridized carbons (Fsp3) is 0.250. The maximum atomic E-state index is 13.2. The van der Waals surface area contributed by atoms with Gasteiger partial charge >= 0.3 is 0 Å². The molecule has 3 aromatic rings. The van der Waals surface area contributed by atoms with E-state index < -0.39 is 6.04 Å². The van der Waals surface area contributed by atoms with E-state index in [0.29, 0.717) is 36.5 Å². The van der Waals surface area contributed by atoms with Gasteiger partial charge < -0.3 is 25.4 Å². The third-order valence-corrected chi connectivity index (χ3v) is 5.59. The largest absolute Gasteiger partial charge is 0.508 e. The van der Waals surface area contributed by atoms with Gasteiger partial charge in [0.15, 0.2) is 0 Å². The van der Waals surface area contributed by atoms with Crippen LogP contribution in [0.5, 0.6) is 5.75 Å². The highest BCUT2D eigenvalue weighted by atomic mass is 16.5. The van der Waals surface area contributed by atoms with Crippen LogP contribution in [-0.4, -0.2) is 69.5 Å². The smallest absolute Gasteiger partial charge is 0.248 e. The quantitative estimate of drug-likeness (QED) is 0.553. The third-order valence-electron chi connectivity index (χ3n) is 5.59. The minimum atomic E-state index is -0.719. The molecule has 1 aliphatic heterocycles. The van der Waals surface area contributed by atoms with Crippen molar-refractivity contribution >= 4 is 34.6 Å². The molecule has 0 bridgehead atoms. The zero-order chi connectivity index (χ0) is 23.4. The summed E-state index contributed by atoms with van der Waals surface area (Å²) in [7, 11) is 1.50. The average molecular weight is 447 g/mol. The number of aromatic nitrogens is 2. The molecule has 0 spiro atoms. The van der Waals surface area contributed by atoms with Gasteiger partial charge in [0.05, 0.1) is 12.1 Å². The minimum Gasteiger partial charge on any atom is -0.508 e. The summed E-state index contributed by atoms with van der Waals surface area (Å²) < 4.78 is 5.25. The summed E-state index contributed by atoms with van der Waals surface area (Å²) in [4.78, 5) is 37.6. The van der Waals surface area contributed by atoms with Gasteiger partial charge in [-0.05, 0) is 41.5 Å². The van der Waals surface area contributed by atoms with Crippen LogP contribution in [0.3, 0.4) is 0 Å². The maximum Gasteiger partial charge on any atom is 0.248 e. The van der Waals surface area contributed by atoms with Crippen LogP contribution in [0.2, 0.25) is 0 Å². The first kappa shape index (κ1) is 22.2. The summed E-state index contributed by atoms with van der Waals surface area (Å²) in [6, 6.07) is 11.5. The summed E-state index contributed by atoms with van der Waals surface area (Å²) >= 11 is 0. The summed E-state index contributed by atoms with van der Waals surface area (Å²) in [6.07, 6.45) is 4.44. The molecule has 0 aliphatic carbocycles. The van der Waals surface area contributed by atoms with Gasteiger partial charge in [-0.3, -0.25) is 9.59 Å². The molecular weight excluding hydrogens is 422 g/mol. The Bertz CT molecular complexity index is 1210.